The number of fused-ring (bicyclic) bond motifs is 2. The molecular weight excluding hydrogens is 488 g/mol. The zero-order valence-corrected chi connectivity index (χ0v) is 20.6. The van der Waals surface area contributed by atoms with Crippen LogP contribution in [-0.2, 0) is 13.0 Å². The first-order valence-electron chi connectivity index (χ1n) is 12.9. The van der Waals surface area contributed by atoms with Crippen molar-refractivity contribution in [3.63, 3.8) is 0 Å². The molecule has 0 bridgehead atoms. The van der Waals surface area contributed by atoms with Crippen LogP contribution in [0.15, 0.2) is 54.7 Å². The molecule has 3 saturated carbocycles. The molecule has 0 unspecified atom stereocenters. The predicted octanol–water partition coefficient (Wildman–Crippen LogP) is 5.28. The summed E-state index contributed by atoms with van der Waals surface area (Å²) in [5.41, 5.74) is 1.69. The quantitative estimate of drug-likeness (QED) is 0.501. The second-order valence-electron chi connectivity index (χ2n) is 11.1. The monoisotopic (exact) mass is 515 g/mol. The Hall–Kier alpha value is -4.06. The number of nitrogens with zero attached hydrogens (tertiary/aromatic N) is 4. The van der Waals surface area contributed by atoms with Crippen molar-refractivity contribution in [2.24, 2.45) is 16.7 Å². The fraction of sp³-hybridized carbons (Fsp3) is 0.379. The minimum atomic E-state index is -2.46. The average Bonchev–Trinajstić information content (AvgIpc) is 3.69. The molecular formula is C29H27F2N5O2. The highest BCUT2D eigenvalue weighted by Gasteiger charge is 2.97. The number of nitriles is 1. The van der Waals surface area contributed by atoms with E-state index in [9.17, 15) is 18.4 Å². The minimum absolute atomic E-state index is 0. The first kappa shape index (κ1) is 23.1. The number of nitrogens with one attached hydrogen (secondary N) is 1. The number of carbonyl (C=O) groups excluding carboxylic acids is 2. The molecule has 3 fully saturated rings. The maximum atomic E-state index is 14.3. The molecule has 3 aliphatic carbocycles. The van der Waals surface area contributed by atoms with E-state index in [1.807, 2.05) is 30.3 Å². The molecule has 2 aromatic carbocycles. The Balaban J connectivity index is 0.00000277. The number of amides is 2. The van der Waals surface area contributed by atoms with E-state index in [1.54, 1.807) is 33.8 Å². The van der Waals surface area contributed by atoms with Gasteiger partial charge < -0.3 is 10.2 Å². The zero-order valence-electron chi connectivity index (χ0n) is 20.6. The lowest BCUT2D eigenvalue weighted by atomic mass is 9.67. The largest absolute Gasteiger partial charge is 0.322 e. The van der Waals surface area contributed by atoms with E-state index in [-0.39, 0.29) is 24.5 Å². The van der Waals surface area contributed by atoms with Gasteiger partial charge in [-0.3, -0.25) is 14.3 Å². The van der Waals surface area contributed by atoms with Gasteiger partial charge in [-0.05, 0) is 73.9 Å². The molecule has 38 heavy (non-hydrogen) atoms. The van der Waals surface area contributed by atoms with E-state index in [2.05, 4.69) is 10.4 Å². The third-order valence-electron chi connectivity index (χ3n) is 9.17. The number of hydrogen-bond acceptors (Lipinski definition) is 4. The van der Waals surface area contributed by atoms with Crippen LogP contribution in [0, 0.1) is 28.1 Å². The summed E-state index contributed by atoms with van der Waals surface area (Å²) in [7, 11) is 0. The maximum absolute atomic E-state index is 14.3. The summed E-state index contributed by atoms with van der Waals surface area (Å²) in [5.74, 6) is -2.96. The summed E-state index contributed by atoms with van der Waals surface area (Å²) in [6, 6.07) is 16.3. The molecule has 2 amide bonds. The van der Waals surface area contributed by atoms with Crippen LogP contribution in [0.25, 0.3) is 0 Å². The lowest BCUT2D eigenvalue weighted by Crippen LogP contribution is -2.41. The topological polar surface area (TPSA) is 91.0 Å². The molecule has 0 saturated heterocycles. The van der Waals surface area contributed by atoms with Crippen molar-refractivity contribution in [1.29, 1.82) is 5.26 Å². The Morgan fingerprint density at radius 2 is 1.89 bits per heavy atom. The second kappa shape index (κ2) is 7.73. The maximum Gasteiger partial charge on any atom is 0.277 e. The highest BCUT2D eigenvalue weighted by atomic mass is 19.3. The Morgan fingerprint density at radius 1 is 1.13 bits per heavy atom. The molecule has 1 aliphatic heterocycles. The molecule has 2 spiro atoms. The van der Waals surface area contributed by atoms with Crippen molar-refractivity contribution in [2.75, 3.05) is 16.8 Å². The van der Waals surface area contributed by atoms with E-state index < -0.39 is 22.7 Å². The van der Waals surface area contributed by atoms with Crippen molar-refractivity contribution in [2.45, 2.75) is 44.6 Å². The number of rotatable bonds is 5. The molecule has 1 aromatic heterocycles. The van der Waals surface area contributed by atoms with Gasteiger partial charge in [0.05, 0.1) is 29.9 Å². The number of halogens is 2. The van der Waals surface area contributed by atoms with Crippen molar-refractivity contribution in [3.8, 4) is 6.07 Å². The van der Waals surface area contributed by atoms with E-state index in [0.29, 0.717) is 50.0 Å². The van der Waals surface area contributed by atoms with Crippen molar-refractivity contribution < 1.29 is 19.8 Å². The highest BCUT2D eigenvalue weighted by Crippen LogP contribution is 2.93. The van der Waals surface area contributed by atoms with Crippen LogP contribution >= 0.6 is 0 Å². The van der Waals surface area contributed by atoms with Gasteiger partial charge in [0, 0.05) is 30.2 Å². The van der Waals surface area contributed by atoms with E-state index in [1.165, 1.54) is 6.20 Å². The third-order valence-corrected chi connectivity index (χ3v) is 9.17. The van der Waals surface area contributed by atoms with E-state index >= 15 is 0 Å². The lowest BCUT2D eigenvalue weighted by molar-refractivity contribution is 0.00136. The minimum Gasteiger partial charge on any atom is -0.322 e. The molecule has 3 aromatic rings. The predicted molar refractivity (Wildman–Crippen MR) is 137 cm³/mol. The summed E-state index contributed by atoms with van der Waals surface area (Å²) in [6.07, 6.45) is 4.75. The van der Waals surface area contributed by atoms with Gasteiger partial charge in [0.15, 0.2) is 0 Å². The molecule has 1 N–H and O–H groups in total. The number of hydrogen-bond donors (Lipinski definition) is 1. The summed E-state index contributed by atoms with van der Waals surface area (Å²) in [4.78, 5) is 28.1. The number of benzene rings is 2. The summed E-state index contributed by atoms with van der Waals surface area (Å²) >= 11 is 0. The summed E-state index contributed by atoms with van der Waals surface area (Å²) < 4.78 is 30.1. The van der Waals surface area contributed by atoms with Crippen LogP contribution in [0.3, 0.4) is 0 Å². The Morgan fingerprint density at radius 3 is 2.58 bits per heavy atom. The Labute approximate surface area is 219 Å². The van der Waals surface area contributed by atoms with Crippen LogP contribution in [0.2, 0.25) is 0 Å². The van der Waals surface area contributed by atoms with Gasteiger partial charge in [-0.2, -0.15) is 10.4 Å². The molecule has 7 rings (SSSR count). The third kappa shape index (κ3) is 3.06. The first-order valence-corrected chi connectivity index (χ1v) is 12.9. The SMILES string of the molecule is N#Cc1cccc(NC(=O)c2cnn3c2C(=O)N(c2ccc(CC4CC5(C4)C(F)(F)C54CC4)cc2)CC3)c1.[HH]. The number of aromatic nitrogens is 2. The lowest BCUT2D eigenvalue weighted by Gasteiger charge is -2.37. The molecule has 7 nitrogen and oxygen atoms in total. The van der Waals surface area contributed by atoms with Crippen LogP contribution in [0.4, 0.5) is 20.2 Å². The first-order chi connectivity index (χ1) is 18.3. The van der Waals surface area contributed by atoms with Gasteiger partial charge in [0.25, 0.3) is 17.7 Å². The number of carbonyl (C=O) groups is 2. The number of anilines is 2. The van der Waals surface area contributed by atoms with Crippen molar-refractivity contribution >= 4 is 23.2 Å². The number of alkyl halides is 2. The fourth-order valence-corrected chi connectivity index (χ4v) is 7.00. The van der Waals surface area contributed by atoms with Gasteiger partial charge in [-0.1, -0.05) is 18.2 Å². The van der Waals surface area contributed by atoms with Gasteiger partial charge in [-0.25, -0.2) is 8.78 Å². The Bertz CT molecular complexity index is 1530. The molecule has 9 heteroatoms. The molecule has 4 aliphatic rings. The van der Waals surface area contributed by atoms with Gasteiger partial charge in [-0.15, -0.1) is 0 Å². The van der Waals surface area contributed by atoms with E-state index in [0.717, 1.165) is 17.7 Å². The smallest absolute Gasteiger partial charge is 0.277 e. The summed E-state index contributed by atoms with van der Waals surface area (Å²) in [5, 5.41) is 16.1. The van der Waals surface area contributed by atoms with Gasteiger partial charge in [0.1, 0.15) is 5.69 Å². The van der Waals surface area contributed by atoms with Gasteiger partial charge >= 0.3 is 0 Å². The Kier molecular flexibility index (Phi) is 4.70. The molecule has 194 valence electrons. The van der Waals surface area contributed by atoms with Crippen molar-refractivity contribution in [1.82, 2.24) is 9.78 Å². The highest BCUT2D eigenvalue weighted by molar-refractivity contribution is 6.15. The van der Waals surface area contributed by atoms with Crippen LogP contribution in [0.1, 0.15) is 59.1 Å². The van der Waals surface area contributed by atoms with Crippen LogP contribution in [-0.4, -0.2) is 34.1 Å². The molecule has 0 radical (unpaired) electrons. The standard InChI is InChI=1S/C29H25F2N5O2.H2/c30-29(31)27(8-9-27)28(29)14-20(15-28)12-18-4-6-22(7-5-18)35-10-11-36-24(26(35)38)23(17-33-36)25(37)34-21-3-1-2-19(13-21)16-32;/h1-7,13,17,20H,8-12,14-15H2,(H,34,37);1H. The molecule has 2 heterocycles. The van der Waals surface area contributed by atoms with Gasteiger partial charge in [0.2, 0.25) is 0 Å². The average molecular weight is 516 g/mol. The second-order valence-corrected chi connectivity index (χ2v) is 11.1. The normalized spacial score (nSPS) is 25.4. The van der Waals surface area contributed by atoms with E-state index in [4.69, 9.17) is 5.26 Å². The van der Waals surface area contributed by atoms with Crippen LogP contribution < -0.4 is 10.2 Å². The summed E-state index contributed by atoms with van der Waals surface area (Å²) in [6.45, 7) is 0.862. The zero-order chi connectivity index (χ0) is 26.3. The van der Waals surface area contributed by atoms with Crippen LogP contribution in [0.5, 0.6) is 0 Å². The molecule has 0 atom stereocenters. The fourth-order valence-electron chi connectivity index (χ4n) is 7.00. The van der Waals surface area contributed by atoms with Crippen molar-refractivity contribution in [3.05, 3.63) is 77.1 Å².